The van der Waals surface area contributed by atoms with E-state index in [1.807, 2.05) is 16.9 Å². The van der Waals surface area contributed by atoms with Gasteiger partial charge in [0.1, 0.15) is 16.5 Å². The largest absolute Gasteiger partial charge is 0.507 e. The molecule has 0 saturated carbocycles. The molecule has 154 valence electrons. The third-order valence-electron chi connectivity index (χ3n) is 4.41. The van der Waals surface area contributed by atoms with Crippen molar-refractivity contribution in [3.63, 3.8) is 0 Å². The molecule has 1 atom stereocenters. The van der Waals surface area contributed by atoms with Gasteiger partial charge in [-0.05, 0) is 64.6 Å². The quantitative estimate of drug-likeness (QED) is 0.581. The molecule has 0 spiro atoms. The molecular formula is C21H22FNO4S2. The van der Waals surface area contributed by atoms with E-state index < -0.39 is 20.9 Å². The molecule has 0 bridgehead atoms. The Balaban J connectivity index is 1.55. The van der Waals surface area contributed by atoms with Gasteiger partial charge in [0.25, 0.3) is 0 Å². The lowest BCUT2D eigenvalue weighted by Crippen LogP contribution is -2.20. The summed E-state index contributed by atoms with van der Waals surface area (Å²) in [5.41, 5.74) is 2.68. The summed E-state index contributed by atoms with van der Waals surface area (Å²) < 4.78 is 39.3. The Morgan fingerprint density at radius 2 is 1.79 bits per heavy atom. The molecule has 2 aromatic rings. The Labute approximate surface area is 172 Å². The van der Waals surface area contributed by atoms with E-state index in [9.17, 15) is 22.7 Å². The number of amides is 1. The molecule has 0 aliphatic carbocycles. The molecule has 0 radical (unpaired) electrons. The number of aromatic hydroxyl groups is 1. The fourth-order valence-electron chi connectivity index (χ4n) is 2.93. The highest BCUT2D eigenvalue weighted by Crippen LogP contribution is 2.34. The lowest BCUT2D eigenvalue weighted by molar-refractivity contribution is -0.118. The van der Waals surface area contributed by atoms with Crippen LogP contribution in [0.3, 0.4) is 0 Å². The SMILES string of the molecule is CS(=O)(=O)c1cc(CC(=O)N[SH]2C=CC(CCc3ccc(F)cc3)=C2)ccc1O. The number of phenols is 1. The number of hydrogen-bond acceptors (Lipinski definition) is 4. The minimum Gasteiger partial charge on any atom is -0.507 e. The van der Waals surface area contributed by atoms with Crippen LogP contribution in [0.1, 0.15) is 17.5 Å². The maximum atomic E-state index is 13.0. The van der Waals surface area contributed by atoms with E-state index in [2.05, 4.69) is 4.72 Å². The Morgan fingerprint density at radius 3 is 2.48 bits per heavy atom. The Hall–Kier alpha value is -2.58. The number of thiol groups is 1. The fourth-order valence-corrected chi connectivity index (χ4v) is 5.26. The molecule has 3 rings (SSSR count). The van der Waals surface area contributed by atoms with Gasteiger partial charge in [0.2, 0.25) is 5.91 Å². The zero-order chi connectivity index (χ0) is 21.0. The van der Waals surface area contributed by atoms with Crippen LogP contribution in [0.2, 0.25) is 0 Å². The lowest BCUT2D eigenvalue weighted by Gasteiger charge is -2.13. The number of aryl methyl sites for hydroxylation is 1. The first kappa shape index (κ1) is 21.1. The molecule has 0 fully saturated rings. The first-order chi connectivity index (χ1) is 13.7. The highest BCUT2D eigenvalue weighted by Gasteiger charge is 2.16. The van der Waals surface area contributed by atoms with Crippen molar-refractivity contribution < 1.29 is 22.7 Å². The number of halogens is 1. The van der Waals surface area contributed by atoms with Crippen LogP contribution in [-0.2, 0) is 27.5 Å². The van der Waals surface area contributed by atoms with Crippen molar-refractivity contribution in [3.8, 4) is 5.75 Å². The maximum Gasteiger partial charge on any atom is 0.233 e. The molecule has 29 heavy (non-hydrogen) atoms. The Bertz CT molecular complexity index is 1080. The van der Waals surface area contributed by atoms with E-state index in [1.165, 1.54) is 30.3 Å². The number of allylic oxidation sites excluding steroid dienone is 2. The predicted molar refractivity (Wildman–Crippen MR) is 114 cm³/mol. The molecule has 2 N–H and O–H groups in total. The molecule has 1 amide bonds. The van der Waals surface area contributed by atoms with Crippen LogP contribution < -0.4 is 4.72 Å². The first-order valence-corrected chi connectivity index (χ1v) is 12.3. The standard InChI is InChI=1S/C21H22FNO4S2/c1-29(26,27)20-12-17(6-9-19(20)24)13-21(25)23-28-11-10-16(14-28)3-2-15-4-7-18(22)8-5-15/h4-12,14,24,28H,2-3,13H2,1H3,(H,23,25). The second-order valence-electron chi connectivity index (χ2n) is 6.84. The van der Waals surface area contributed by atoms with Gasteiger partial charge in [-0.3, -0.25) is 4.79 Å². The number of sulfone groups is 1. The maximum absolute atomic E-state index is 13.0. The molecular weight excluding hydrogens is 413 g/mol. The highest BCUT2D eigenvalue weighted by molar-refractivity contribution is 8.21. The molecule has 8 heteroatoms. The summed E-state index contributed by atoms with van der Waals surface area (Å²) in [5.74, 6) is -0.798. The van der Waals surface area contributed by atoms with Crippen LogP contribution in [0.5, 0.6) is 5.75 Å². The summed E-state index contributed by atoms with van der Waals surface area (Å²) in [6.07, 6.45) is 4.60. The molecule has 2 aromatic carbocycles. The van der Waals surface area contributed by atoms with E-state index in [0.717, 1.165) is 30.2 Å². The summed E-state index contributed by atoms with van der Waals surface area (Å²) in [6.45, 7) is 0. The van der Waals surface area contributed by atoms with Crippen molar-refractivity contribution in [3.05, 3.63) is 81.9 Å². The van der Waals surface area contributed by atoms with Crippen LogP contribution in [0.25, 0.3) is 0 Å². The summed E-state index contributed by atoms with van der Waals surface area (Å²) in [5, 5.41) is 13.7. The number of carbonyl (C=O) groups is 1. The topological polar surface area (TPSA) is 83.5 Å². The number of hydrogen-bond donors (Lipinski definition) is 3. The minimum atomic E-state index is -3.57. The van der Waals surface area contributed by atoms with Crippen LogP contribution >= 0.6 is 11.1 Å². The molecule has 1 aliphatic rings. The number of benzene rings is 2. The van der Waals surface area contributed by atoms with E-state index in [-0.39, 0.29) is 28.8 Å². The van der Waals surface area contributed by atoms with Crippen molar-refractivity contribution >= 4 is 26.8 Å². The van der Waals surface area contributed by atoms with Gasteiger partial charge in [0, 0.05) is 6.26 Å². The van der Waals surface area contributed by atoms with Gasteiger partial charge in [-0.15, -0.1) is 11.1 Å². The van der Waals surface area contributed by atoms with Crippen LogP contribution in [-0.4, -0.2) is 25.7 Å². The second kappa shape index (κ2) is 8.84. The summed E-state index contributed by atoms with van der Waals surface area (Å²) in [7, 11) is -3.57. The Kier molecular flexibility index (Phi) is 6.44. The van der Waals surface area contributed by atoms with Crippen molar-refractivity contribution in [2.24, 2.45) is 0 Å². The van der Waals surface area contributed by atoms with Gasteiger partial charge in [-0.2, -0.15) is 0 Å². The van der Waals surface area contributed by atoms with Crippen molar-refractivity contribution in [2.75, 3.05) is 6.26 Å². The van der Waals surface area contributed by atoms with Gasteiger partial charge in [-0.25, -0.2) is 12.8 Å². The van der Waals surface area contributed by atoms with Gasteiger partial charge < -0.3 is 9.83 Å². The monoisotopic (exact) mass is 435 g/mol. The van der Waals surface area contributed by atoms with Gasteiger partial charge in [0.15, 0.2) is 9.84 Å². The van der Waals surface area contributed by atoms with Gasteiger partial charge >= 0.3 is 0 Å². The smallest absolute Gasteiger partial charge is 0.233 e. The minimum absolute atomic E-state index is 0.0220. The fraction of sp³-hybridized carbons (Fsp3) is 0.190. The van der Waals surface area contributed by atoms with E-state index in [4.69, 9.17) is 0 Å². The number of carbonyl (C=O) groups excluding carboxylic acids is 1. The van der Waals surface area contributed by atoms with Crippen molar-refractivity contribution in [1.82, 2.24) is 4.72 Å². The van der Waals surface area contributed by atoms with Crippen LogP contribution in [0.4, 0.5) is 4.39 Å². The molecule has 0 aromatic heterocycles. The van der Waals surface area contributed by atoms with E-state index in [0.29, 0.717) is 5.56 Å². The third-order valence-corrected chi connectivity index (χ3v) is 7.13. The summed E-state index contributed by atoms with van der Waals surface area (Å²) in [6, 6.07) is 10.6. The van der Waals surface area contributed by atoms with Crippen LogP contribution in [0.15, 0.2) is 69.8 Å². The molecule has 1 aliphatic heterocycles. The molecule has 5 nitrogen and oxygen atoms in total. The average molecular weight is 436 g/mol. The van der Waals surface area contributed by atoms with E-state index in [1.54, 1.807) is 12.1 Å². The Morgan fingerprint density at radius 1 is 1.10 bits per heavy atom. The average Bonchev–Trinajstić information content (AvgIpc) is 3.09. The number of rotatable bonds is 7. The molecule has 0 saturated heterocycles. The third kappa shape index (κ3) is 5.95. The normalized spacial score (nSPS) is 17.2. The summed E-state index contributed by atoms with van der Waals surface area (Å²) in [4.78, 5) is 12.1. The number of nitrogens with one attached hydrogen (secondary N) is 1. The van der Waals surface area contributed by atoms with Crippen molar-refractivity contribution in [1.29, 1.82) is 0 Å². The van der Waals surface area contributed by atoms with Gasteiger partial charge in [0.05, 0.1) is 6.42 Å². The van der Waals surface area contributed by atoms with Crippen molar-refractivity contribution in [2.45, 2.75) is 24.2 Å². The highest BCUT2D eigenvalue weighted by atomic mass is 32.2. The first-order valence-electron chi connectivity index (χ1n) is 8.94. The molecule has 1 heterocycles. The second-order valence-corrected chi connectivity index (χ2v) is 10.4. The zero-order valence-electron chi connectivity index (χ0n) is 15.8. The zero-order valence-corrected chi connectivity index (χ0v) is 17.5. The van der Waals surface area contributed by atoms with Gasteiger partial charge in [-0.1, -0.05) is 24.3 Å². The van der Waals surface area contributed by atoms with E-state index >= 15 is 0 Å². The van der Waals surface area contributed by atoms with Crippen LogP contribution in [0, 0.1) is 5.82 Å². The predicted octanol–water partition coefficient (Wildman–Crippen LogP) is 3.55. The number of phenolic OH excluding ortho intramolecular Hbond substituents is 1. The molecule has 1 unspecified atom stereocenters. The lowest BCUT2D eigenvalue weighted by atomic mass is 10.1. The summed E-state index contributed by atoms with van der Waals surface area (Å²) >= 11 is -0.912.